The summed E-state index contributed by atoms with van der Waals surface area (Å²) in [5, 5.41) is 19.7. The average Bonchev–Trinajstić information content (AvgIpc) is 2.28. The third-order valence-electron chi connectivity index (χ3n) is 2.09. The number of thiol groups is 1. The molecule has 0 fully saturated rings. The molecule has 0 bridgehead atoms. The molecule has 1 rings (SSSR count). The van der Waals surface area contributed by atoms with Crippen molar-refractivity contribution in [2.45, 2.75) is 6.42 Å². The molecule has 0 heterocycles. The summed E-state index contributed by atoms with van der Waals surface area (Å²) in [5.41, 5.74) is -0.165. The van der Waals surface area contributed by atoms with Crippen molar-refractivity contribution in [2.24, 2.45) is 0 Å². The molecule has 0 aliphatic rings. The minimum Gasteiger partial charge on any atom is -0.478 e. The molecular weight excluding hydrogens is 242 g/mol. The average molecular weight is 253 g/mol. The van der Waals surface area contributed by atoms with Crippen molar-refractivity contribution >= 4 is 30.4 Å². The van der Waals surface area contributed by atoms with E-state index in [1.165, 1.54) is 24.3 Å². The van der Waals surface area contributed by atoms with Gasteiger partial charge in [0, 0.05) is 6.07 Å². The minimum absolute atomic E-state index is 0.0744. The van der Waals surface area contributed by atoms with Gasteiger partial charge in [0.25, 0.3) is 5.69 Å². The fraction of sp³-hybridized carbons (Fsp3) is 0.182. The van der Waals surface area contributed by atoms with Crippen LogP contribution in [0.15, 0.2) is 24.3 Å². The summed E-state index contributed by atoms with van der Waals surface area (Å²) >= 11 is 4.00. The molecule has 0 atom stereocenters. The van der Waals surface area contributed by atoms with Crippen molar-refractivity contribution in [1.82, 2.24) is 0 Å². The number of carboxylic acid groups (broad SMARTS) is 1. The molecular formula is C11H11NO4S. The molecule has 0 aliphatic heterocycles. The van der Waals surface area contributed by atoms with Gasteiger partial charge in [-0.25, -0.2) is 4.79 Å². The van der Waals surface area contributed by atoms with Crippen LogP contribution in [0, 0.1) is 10.1 Å². The van der Waals surface area contributed by atoms with E-state index in [1.807, 2.05) is 0 Å². The van der Waals surface area contributed by atoms with Gasteiger partial charge < -0.3 is 5.11 Å². The number of nitro groups is 1. The molecule has 0 aliphatic carbocycles. The molecule has 5 nitrogen and oxygen atoms in total. The van der Waals surface area contributed by atoms with E-state index in [1.54, 1.807) is 6.08 Å². The van der Waals surface area contributed by atoms with Crippen molar-refractivity contribution in [2.75, 3.05) is 5.75 Å². The number of nitro benzene ring substituents is 1. The van der Waals surface area contributed by atoms with Crippen molar-refractivity contribution in [1.29, 1.82) is 0 Å². The molecule has 0 aromatic heterocycles. The molecule has 1 aromatic rings. The minimum atomic E-state index is -1.18. The largest absolute Gasteiger partial charge is 0.478 e. The van der Waals surface area contributed by atoms with E-state index in [9.17, 15) is 14.9 Å². The van der Waals surface area contributed by atoms with Crippen LogP contribution in [0.25, 0.3) is 6.08 Å². The van der Waals surface area contributed by atoms with Gasteiger partial charge in [0.15, 0.2) is 0 Å². The van der Waals surface area contributed by atoms with E-state index in [4.69, 9.17) is 5.11 Å². The van der Waals surface area contributed by atoms with Crippen LogP contribution in [-0.4, -0.2) is 21.8 Å². The van der Waals surface area contributed by atoms with E-state index >= 15 is 0 Å². The van der Waals surface area contributed by atoms with E-state index in [-0.39, 0.29) is 16.8 Å². The number of nitrogens with zero attached hydrogens (tertiary/aromatic N) is 1. The fourth-order valence-electron chi connectivity index (χ4n) is 1.35. The quantitative estimate of drug-likeness (QED) is 0.480. The lowest BCUT2D eigenvalue weighted by Gasteiger charge is -2.02. The van der Waals surface area contributed by atoms with E-state index in [2.05, 4.69) is 12.6 Å². The summed E-state index contributed by atoms with van der Waals surface area (Å²) < 4.78 is 0. The Labute approximate surface area is 103 Å². The van der Waals surface area contributed by atoms with Gasteiger partial charge in [0.1, 0.15) is 0 Å². The lowest BCUT2D eigenvalue weighted by Crippen LogP contribution is -2.02. The number of aromatic carboxylic acids is 1. The number of hydrogen-bond acceptors (Lipinski definition) is 4. The molecule has 1 aromatic carbocycles. The molecule has 90 valence electrons. The lowest BCUT2D eigenvalue weighted by molar-refractivity contribution is -0.385. The van der Waals surface area contributed by atoms with Crippen LogP contribution < -0.4 is 0 Å². The summed E-state index contributed by atoms with van der Waals surface area (Å²) in [4.78, 5) is 21.2. The van der Waals surface area contributed by atoms with Crippen LogP contribution in [0.4, 0.5) is 5.69 Å². The SMILES string of the molecule is O=C(O)c1cccc([N+](=O)[O-])c1C=CCCS. The zero-order valence-electron chi connectivity index (χ0n) is 8.87. The Morgan fingerprint density at radius 3 is 2.76 bits per heavy atom. The van der Waals surface area contributed by atoms with Crippen LogP contribution in [0.3, 0.4) is 0 Å². The second-order valence-corrected chi connectivity index (χ2v) is 3.66. The van der Waals surface area contributed by atoms with Gasteiger partial charge in [-0.3, -0.25) is 10.1 Å². The molecule has 0 unspecified atom stereocenters. The number of carbonyl (C=O) groups is 1. The molecule has 17 heavy (non-hydrogen) atoms. The van der Waals surface area contributed by atoms with Crippen LogP contribution >= 0.6 is 12.6 Å². The first-order valence-corrected chi connectivity index (χ1v) is 5.49. The summed E-state index contributed by atoms with van der Waals surface area (Å²) in [5.74, 6) is -0.585. The number of benzene rings is 1. The third kappa shape index (κ3) is 3.32. The molecule has 6 heteroatoms. The Hall–Kier alpha value is -1.82. The number of hydrogen-bond donors (Lipinski definition) is 2. The number of carboxylic acids is 1. The van der Waals surface area contributed by atoms with Crippen LogP contribution in [0.5, 0.6) is 0 Å². The molecule has 0 amide bonds. The molecule has 0 spiro atoms. The standard InChI is InChI=1S/C11H11NO4S/c13-11(14)9-5-3-6-10(12(15)16)8(9)4-1-2-7-17/h1,3-6,17H,2,7H2,(H,13,14). The maximum atomic E-state index is 11.0. The predicted molar refractivity (Wildman–Crippen MR) is 67.6 cm³/mol. The third-order valence-corrected chi connectivity index (χ3v) is 2.35. The Morgan fingerprint density at radius 2 is 2.24 bits per heavy atom. The molecule has 0 saturated carbocycles. The normalized spacial score (nSPS) is 10.6. The summed E-state index contributed by atoms with van der Waals surface area (Å²) in [6, 6.07) is 3.99. The first-order valence-electron chi connectivity index (χ1n) is 4.86. The van der Waals surface area contributed by atoms with E-state index in [0.717, 1.165) is 0 Å². The highest BCUT2D eigenvalue weighted by molar-refractivity contribution is 7.80. The number of rotatable bonds is 5. The Balaban J connectivity index is 3.28. The topological polar surface area (TPSA) is 80.4 Å². The van der Waals surface area contributed by atoms with E-state index < -0.39 is 10.9 Å². The lowest BCUT2D eigenvalue weighted by atomic mass is 10.0. The highest BCUT2D eigenvalue weighted by Crippen LogP contribution is 2.24. The summed E-state index contributed by atoms with van der Waals surface area (Å²) in [7, 11) is 0. The van der Waals surface area contributed by atoms with Gasteiger partial charge >= 0.3 is 5.97 Å². The highest BCUT2D eigenvalue weighted by Gasteiger charge is 2.18. The van der Waals surface area contributed by atoms with Crippen molar-refractivity contribution in [3.63, 3.8) is 0 Å². The zero-order chi connectivity index (χ0) is 12.8. The van der Waals surface area contributed by atoms with Gasteiger partial charge in [-0.05, 0) is 18.2 Å². The Bertz CT molecular complexity index is 438. The smallest absolute Gasteiger partial charge is 0.336 e. The molecule has 0 radical (unpaired) electrons. The van der Waals surface area contributed by atoms with Crippen molar-refractivity contribution in [3.8, 4) is 0 Å². The van der Waals surface area contributed by atoms with Gasteiger partial charge in [-0.1, -0.05) is 18.2 Å². The predicted octanol–water partition coefficient (Wildman–Crippen LogP) is 2.63. The second-order valence-electron chi connectivity index (χ2n) is 3.22. The van der Waals surface area contributed by atoms with Crippen molar-refractivity contribution in [3.05, 3.63) is 45.5 Å². The maximum absolute atomic E-state index is 11.0. The summed E-state index contributed by atoms with van der Waals surface area (Å²) in [6.45, 7) is 0. The monoisotopic (exact) mass is 253 g/mol. The first kappa shape index (κ1) is 13.2. The first-order chi connectivity index (χ1) is 8.07. The van der Waals surface area contributed by atoms with Gasteiger partial charge in [0.05, 0.1) is 16.1 Å². The van der Waals surface area contributed by atoms with Crippen molar-refractivity contribution < 1.29 is 14.8 Å². The second kappa shape index (κ2) is 6.05. The molecule has 1 N–H and O–H groups in total. The summed E-state index contributed by atoms with van der Waals surface area (Å²) in [6.07, 6.45) is 3.74. The van der Waals surface area contributed by atoms with Gasteiger partial charge in [0.2, 0.25) is 0 Å². The van der Waals surface area contributed by atoms with E-state index in [0.29, 0.717) is 12.2 Å². The zero-order valence-corrected chi connectivity index (χ0v) is 9.76. The Kier molecular flexibility index (Phi) is 4.71. The van der Waals surface area contributed by atoms with Crippen LogP contribution in [0.1, 0.15) is 22.3 Å². The van der Waals surface area contributed by atoms with Gasteiger partial charge in [-0.15, -0.1) is 0 Å². The highest BCUT2D eigenvalue weighted by atomic mass is 32.1. The number of allylic oxidation sites excluding steroid dienone is 1. The maximum Gasteiger partial charge on any atom is 0.336 e. The fourth-order valence-corrected chi connectivity index (χ4v) is 1.50. The Morgan fingerprint density at radius 1 is 1.53 bits per heavy atom. The van der Waals surface area contributed by atoms with Crippen LogP contribution in [-0.2, 0) is 0 Å². The van der Waals surface area contributed by atoms with Gasteiger partial charge in [-0.2, -0.15) is 12.6 Å². The van der Waals surface area contributed by atoms with Crippen LogP contribution in [0.2, 0.25) is 0 Å². The molecule has 0 saturated heterocycles.